The molecule has 146 valence electrons. The highest BCUT2D eigenvalue weighted by Crippen LogP contribution is 2.29. The Morgan fingerprint density at radius 3 is 2.69 bits per heavy atom. The van der Waals surface area contributed by atoms with Crippen LogP contribution in [0.5, 0.6) is 5.75 Å². The quantitative estimate of drug-likeness (QED) is 0.645. The van der Waals surface area contributed by atoms with Crippen molar-refractivity contribution in [3.05, 3.63) is 24.3 Å². The van der Waals surface area contributed by atoms with Crippen molar-refractivity contribution in [1.29, 1.82) is 0 Å². The fraction of sp³-hybridized carbons (Fsp3) is 0.611. The van der Waals surface area contributed by atoms with Crippen molar-refractivity contribution < 1.29 is 17.9 Å². The van der Waals surface area contributed by atoms with Crippen LogP contribution >= 0.6 is 11.8 Å². The number of ether oxygens (including phenoxy) is 1. The number of hydrogen-bond acceptors (Lipinski definition) is 5. The summed E-state index contributed by atoms with van der Waals surface area (Å²) in [7, 11) is -2.10. The van der Waals surface area contributed by atoms with E-state index in [0.29, 0.717) is 23.2 Å². The van der Waals surface area contributed by atoms with Gasteiger partial charge in [0.25, 0.3) is 0 Å². The predicted molar refractivity (Wildman–Crippen MR) is 108 cm³/mol. The molecule has 1 saturated carbocycles. The molecule has 1 aromatic rings. The number of hydrogen-bond donors (Lipinski definition) is 1. The summed E-state index contributed by atoms with van der Waals surface area (Å²) >= 11 is 1.89. The summed E-state index contributed by atoms with van der Waals surface area (Å²) in [6.45, 7) is 2.14. The van der Waals surface area contributed by atoms with Crippen LogP contribution in [0.15, 0.2) is 24.3 Å². The molecule has 0 bridgehead atoms. The van der Waals surface area contributed by atoms with Crippen LogP contribution < -0.4 is 14.4 Å². The normalized spacial score (nSPS) is 16.3. The molecule has 1 unspecified atom stereocenters. The van der Waals surface area contributed by atoms with Crippen LogP contribution in [0.3, 0.4) is 0 Å². The second kappa shape index (κ2) is 9.50. The molecule has 1 N–H and O–H groups in total. The first kappa shape index (κ1) is 20.9. The molecular weight excluding hydrogens is 372 g/mol. The second-order valence-corrected chi connectivity index (χ2v) is 9.77. The van der Waals surface area contributed by atoms with E-state index in [0.717, 1.165) is 16.3 Å². The van der Waals surface area contributed by atoms with Crippen LogP contribution in [0.25, 0.3) is 0 Å². The number of sulfonamides is 1. The molecule has 1 fully saturated rings. The Bertz CT molecular complexity index is 703. The summed E-state index contributed by atoms with van der Waals surface area (Å²) in [6.07, 6.45) is 6.21. The zero-order valence-electron chi connectivity index (χ0n) is 15.6. The van der Waals surface area contributed by atoms with Crippen molar-refractivity contribution in [3.63, 3.8) is 0 Å². The second-order valence-electron chi connectivity index (χ2n) is 6.50. The van der Waals surface area contributed by atoms with Gasteiger partial charge in [-0.15, -0.1) is 0 Å². The first-order valence-corrected chi connectivity index (χ1v) is 11.8. The van der Waals surface area contributed by atoms with Crippen LogP contribution in [0.1, 0.15) is 32.6 Å². The van der Waals surface area contributed by atoms with E-state index in [1.165, 1.54) is 32.8 Å². The standard InChI is InChI=1S/C18H28N2O4S2/c1-14(18(21)19-11-12-25-17-9-4-5-10-17)20(26(3,22)23)15-7-6-8-16(13-15)24-2/h6-8,13-14,17H,4-5,9-12H2,1-3H3,(H,19,21). The lowest BCUT2D eigenvalue weighted by molar-refractivity contribution is -0.121. The van der Waals surface area contributed by atoms with E-state index < -0.39 is 16.1 Å². The van der Waals surface area contributed by atoms with Crippen molar-refractivity contribution in [2.45, 2.75) is 43.9 Å². The van der Waals surface area contributed by atoms with E-state index in [9.17, 15) is 13.2 Å². The van der Waals surface area contributed by atoms with Gasteiger partial charge in [-0.1, -0.05) is 18.9 Å². The number of anilines is 1. The van der Waals surface area contributed by atoms with Crippen molar-refractivity contribution in [3.8, 4) is 5.75 Å². The molecule has 1 aliphatic carbocycles. The van der Waals surface area contributed by atoms with Crippen LogP contribution in [0, 0.1) is 0 Å². The Hall–Kier alpha value is -1.41. The summed E-state index contributed by atoms with van der Waals surface area (Å²) in [5.41, 5.74) is 0.412. The van der Waals surface area contributed by atoms with Gasteiger partial charge in [-0.2, -0.15) is 11.8 Å². The molecule has 0 heterocycles. The van der Waals surface area contributed by atoms with Crippen LogP contribution in [-0.4, -0.2) is 51.3 Å². The van der Waals surface area contributed by atoms with Crippen molar-refractivity contribution in [2.24, 2.45) is 0 Å². The Labute approximate surface area is 160 Å². The van der Waals surface area contributed by atoms with Gasteiger partial charge in [0.15, 0.2) is 0 Å². The summed E-state index contributed by atoms with van der Waals surface area (Å²) < 4.78 is 30.9. The van der Waals surface area contributed by atoms with Crippen molar-refractivity contribution in [2.75, 3.05) is 30.0 Å². The van der Waals surface area contributed by atoms with Crippen LogP contribution in [0.2, 0.25) is 0 Å². The molecule has 1 atom stereocenters. The predicted octanol–water partition coefficient (Wildman–Crippen LogP) is 2.64. The van der Waals surface area contributed by atoms with E-state index in [-0.39, 0.29) is 5.91 Å². The number of carbonyl (C=O) groups excluding carboxylic acids is 1. The largest absolute Gasteiger partial charge is 0.497 e. The molecule has 0 aliphatic heterocycles. The highest BCUT2D eigenvalue weighted by atomic mass is 32.2. The molecule has 1 aliphatic rings. The third kappa shape index (κ3) is 5.81. The van der Waals surface area contributed by atoms with Crippen molar-refractivity contribution in [1.82, 2.24) is 5.32 Å². The van der Waals surface area contributed by atoms with Gasteiger partial charge >= 0.3 is 0 Å². The van der Waals surface area contributed by atoms with E-state index in [1.807, 2.05) is 11.8 Å². The summed E-state index contributed by atoms with van der Waals surface area (Å²) in [6, 6.07) is 5.86. The number of benzene rings is 1. The minimum atomic E-state index is -3.62. The van der Waals surface area contributed by atoms with Crippen LogP contribution in [-0.2, 0) is 14.8 Å². The Kier molecular flexibility index (Phi) is 7.64. The van der Waals surface area contributed by atoms with Gasteiger partial charge in [-0.3, -0.25) is 9.10 Å². The highest BCUT2D eigenvalue weighted by molar-refractivity contribution is 7.99. The smallest absolute Gasteiger partial charge is 0.243 e. The van der Waals surface area contributed by atoms with Gasteiger partial charge in [0.05, 0.1) is 19.1 Å². The lowest BCUT2D eigenvalue weighted by Gasteiger charge is -2.28. The van der Waals surface area contributed by atoms with Crippen molar-refractivity contribution >= 4 is 33.4 Å². The molecule has 0 spiro atoms. The van der Waals surface area contributed by atoms with Crippen LogP contribution in [0.4, 0.5) is 5.69 Å². The molecule has 6 nitrogen and oxygen atoms in total. The monoisotopic (exact) mass is 400 g/mol. The van der Waals surface area contributed by atoms with Gasteiger partial charge in [0.1, 0.15) is 11.8 Å². The van der Waals surface area contributed by atoms with Gasteiger partial charge in [-0.05, 0) is 31.9 Å². The number of nitrogens with one attached hydrogen (secondary N) is 1. The SMILES string of the molecule is COc1cccc(N(C(C)C(=O)NCCSC2CCCC2)S(C)(=O)=O)c1. The lowest BCUT2D eigenvalue weighted by Crippen LogP contribution is -2.48. The minimum absolute atomic E-state index is 0.301. The zero-order chi connectivity index (χ0) is 19.2. The summed E-state index contributed by atoms with van der Waals surface area (Å²) in [5.74, 6) is 1.09. The number of carbonyl (C=O) groups is 1. The fourth-order valence-electron chi connectivity index (χ4n) is 3.16. The lowest BCUT2D eigenvalue weighted by atomic mass is 10.2. The fourth-order valence-corrected chi connectivity index (χ4v) is 5.55. The molecular formula is C18H28N2O4S2. The topological polar surface area (TPSA) is 75.7 Å². The molecule has 8 heteroatoms. The summed E-state index contributed by atoms with van der Waals surface area (Å²) in [5, 5.41) is 3.56. The molecule has 1 amide bonds. The maximum atomic E-state index is 12.5. The first-order valence-electron chi connectivity index (χ1n) is 8.85. The zero-order valence-corrected chi connectivity index (χ0v) is 17.2. The molecule has 0 aromatic heterocycles. The Morgan fingerprint density at radius 1 is 1.38 bits per heavy atom. The third-order valence-corrected chi connectivity index (χ3v) is 7.08. The number of rotatable bonds is 9. The summed E-state index contributed by atoms with van der Waals surface area (Å²) in [4.78, 5) is 12.5. The number of methoxy groups -OCH3 is 1. The maximum Gasteiger partial charge on any atom is 0.243 e. The highest BCUT2D eigenvalue weighted by Gasteiger charge is 2.29. The average molecular weight is 401 g/mol. The molecule has 0 radical (unpaired) electrons. The van der Waals surface area contributed by atoms with E-state index in [4.69, 9.17) is 4.74 Å². The number of amides is 1. The maximum absolute atomic E-state index is 12.5. The minimum Gasteiger partial charge on any atom is -0.497 e. The Morgan fingerprint density at radius 2 is 2.08 bits per heavy atom. The average Bonchev–Trinajstić information content (AvgIpc) is 3.11. The molecule has 2 rings (SSSR count). The third-order valence-electron chi connectivity index (χ3n) is 4.45. The first-order chi connectivity index (χ1) is 12.3. The molecule has 26 heavy (non-hydrogen) atoms. The number of nitrogens with zero attached hydrogens (tertiary/aromatic N) is 1. The molecule has 0 saturated heterocycles. The van der Waals surface area contributed by atoms with Gasteiger partial charge < -0.3 is 10.1 Å². The van der Waals surface area contributed by atoms with E-state index >= 15 is 0 Å². The van der Waals surface area contributed by atoms with Gasteiger partial charge in [0.2, 0.25) is 15.9 Å². The Balaban J connectivity index is 1.99. The molecule has 1 aromatic carbocycles. The van der Waals surface area contributed by atoms with Gasteiger partial charge in [0, 0.05) is 23.6 Å². The van der Waals surface area contributed by atoms with E-state index in [1.54, 1.807) is 31.2 Å². The van der Waals surface area contributed by atoms with Gasteiger partial charge in [-0.25, -0.2) is 8.42 Å². The number of thioether (sulfide) groups is 1. The van der Waals surface area contributed by atoms with E-state index in [2.05, 4.69) is 5.32 Å².